The molecule has 0 saturated carbocycles. The molecule has 0 N–H and O–H groups in total. The van der Waals surface area contributed by atoms with Crippen LogP contribution in [-0.2, 0) is 16.1 Å². The fourth-order valence-corrected chi connectivity index (χ4v) is 2.97. The molecule has 20 heavy (non-hydrogen) atoms. The monoisotopic (exact) mass is 278 g/mol. The molecular formula is C13H18N4O3. The number of carbonyl (C=O) groups is 2. The van der Waals surface area contributed by atoms with Crippen molar-refractivity contribution < 1.29 is 14.1 Å². The van der Waals surface area contributed by atoms with Crippen LogP contribution in [0.25, 0.3) is 0 Å². The Morgan fingerprint density at radius 1 is 1.30 bits per heavy atom. The van der Waals surface area contributed by atoms with Crippen molar-refractivity contribution in [1.29, 1.82) is 0 Å². The molecule has 0 radical (unpaired) electrons. The van der Waals surface area contributed by atoms with Crippen molar-refractivity contribution >= 4 is 11.8 Å². The van der Waals surface area contributed by atoms with Crippen molar-refractivity contribution in [2.75, 3.05) is 6.54 Å². The van der Waals surface area contributed by atoms with E-state index < -0.39 is 6.04 Å². The lowest BCUT2D eigenvalue weighted by Gasteiger charge is -2.45. The highest BCUT2D eigenvalue weighted by atomic mass is 16.5. The van der Waals surface area contributed by atoms with E-state index in [2.05, 4.69) is 10.1 Å². The zero-order valence-electron chi connectivity index (χ0n) is 11.7. The minimum Gasteiger partial charge on any atom is -0.337 e. The van der Waals surface area contributed by atoms with E-state index in [1.54, 1.807) is 23.6 Å². The highest BCUT2D eigenvalue weighted by Gasteiger charge is 2.44. The molecule has 0 aliphatic carbocycles. The summed E-state index contributed by atoms with van der Waals surface area (Å²) in [5, 5.41) is 3.71. The summed E-state index contributed by atoms with van der Waals surface area (Å²) in [4.78, 5) is 32.3. The van der Waals surface area contributed by atoms with Gasteiger partial charge in [-0.3, -0.25) is 9.59 Å². The number of piperidine rings is 1. The van der Waals surface area contributed by atoms with Gasteiger partial charge in [0.25, 0.3) is 0 Å². The predicted octanol–water partition coefficient (Wildman–Crippen LogP) is 0.490. The Balaban J connectivity index is 1.83. The summed E-state index contributed by atoms with van der Waals surface area (Å²) in [5.41, 5.74) is 0. The number of aromatic nitrogens is 2. The Hall–Kier alpha value is -1.92. The van der Waals surface area contributed by atoms with Gasteiger partial charge < -0.3 is 14.3 Å². The van der Waals surface area contributed by atoms with Crippen LogP contribution in [0.2, 0.25) is 0 Å². The van der Waals surface area contributed by atoms with E-state index in [-0.39, 0.29) is 24.4 Å². The van der Waals surface area contributed by atoms with E-state index >= 15 is 0 Å². The standard InChI is InChI=1S/C13H18N4O3/c1-8-12(18)16-6-4-3-5-10(16)13(19)17(8)7-11-14-9(2)15-20-11/h8,10H,3-7H2,1-2H3. The number of piperazine rings is 1. The molecule has 0 spiro atoms. The zero-order valence-corrected chi connectivity index (χ0v) is 11.7. The summed E-state index contributed by atoms with van der Waals surface area (Å²) in [6.07, 6.45) is 2.71. The van der Waals surface area contributed by atoms with Crippen LogP contribution in [0.15, 0.2) is 4.52 Å². The summed E-state index contributed by atoms with van der Waals surface area (Å²) in [7, 11) is 0. The number of hydrogen-bond donors (Lipinski definition) is 0. The van der Waals surface area contributed by atoms with E-state index in [1.807, 2.05) is 0 Å². The third-order valence-electron chi connectivity index (χ3n) is 4.05. The van der Waals surface area contributed by atoms with Crippen molar-refractivity contribution in [3.63, 3.8) is 0 Å². The maximum atomic E-state index is 12.6. The molecular weight excluding hydrogens is 260 g/mol. The molecule has 2 amide bonds. The molecule has 2 atom stereocenters. The Morgan fingerprint density at radius 2 is 2.10 bits per heavy atom. The van der Waals surface area contributed by atoms with Gasteiger partial charge in [-0.1, -0.05) is 5.16 Å². The molecule has 2 saturated heterocycles. The molecule has 0 aromatic carbocycles. The Morgan fingerprint density at radius 3 is 2.80 bits per heavy atom. The van der Waals surface area contributed by atoms with E-state index in [1.165, 1.54) is 0 Å². The van der Waals surface area contributed by atoms with Gasteiger partial charge in [0.1, 0.15) is 18.6 Å². The van der Waals surface area contributed by atoms with Crippen LogP contribution in [0.5, 0.6) is 0 Å². The Labute approximate surface area is 116 Å². The molecule has 0 bridgehead atoms. The second-order valence-electron chi connectivity index (χ2n) is 5.42. The average Bonchev–Trinajstić information content (AvgIpc) is 2.86. The van der Waals surface area contributed by atoms with Crippen LogP contribution >= 0.6 is 0 Å². The highest BCUT2D eigenvalue weighted by Crippen LogP contribution is 2.27. The summed E-state index contributed by atoms with van der Waals surface area (Å²) < 4.78 is 5.06. The maximum Gasteiger partial charge on any atom is 0.246 e. The molecule has 7 heteroatoms. The number of nitrogens with zero attached hydrogens (tertiary/aromatic N) is 4. The normalized spacial score (nSPS) is 26.9. The van der Waals surface area contributed by atoms with Crippen LogP contribution in [0.4, 0.5) is 0 Å². The maximum absolute atomic E-state index is 12.6. The fourth-order valence-electron chi connectivity index (χ4n) is 2.97. The summed E-state index contributed by atoms with van der Waals surface area (Å²) >= 11 is 0. The van der Waals surface area contributed by atoms with Crippen LogP contribution < -0.4 is 0 Å². The number of amides is 2. The van der Waals surface area contributed by atoms with Gasteiger partial charge in [0.2, 0.25) is 17.7 Å². The molecule has 3 rings (SSSR count). The molecule has 2 aliphatic heterocycles. The molecule has 2 aliphatic rings. The molecule has 1 aromatic heterocycles. The van der Waals surface area contributed by atoms with Crippen molar-refractivity contribution in [2.24, 2.45) is 0 Å². The first-order valence-corrected chi connectivity index (χ1v) is 6.98. The number of aryl methyl sites for hydroxylation is 1. The van der Waals surface area contributed by atoms with Crippen LogP contribution in [0.1, 0.15) is 37.9 Å². The van der Waals surface area contributed by atoms with Gasteiger partial charge in [0, 0.05) is 6.54 Å². The van der Waals surface area contributed by atoms with E-state index in [9.17, 15) is 9.59 Å². The first-order chi connectivity index (χ1) is 9.58. The molecule has 2 unspecified atom stereocenters. The number of rotatable bonds is 2. The lowest BCUT2D eigenvalue weighted by atomic mass is 9.96. The summed E-state index contributed by atoms with van der Waals surface area (Å²) in [6, 6.07) is -0.777. The van der Waals surface area contributed by atoms with E-state index in [4.69, 9.17) is 4.52 Å². The first-order valence-electron chi connectivity index (χ1n) is 6.98. The van der Waals surface area contributed by atoms with Gasteiger partial charge in [-0.25, -0.2) is 0 Å². The minimum atomic E-state index is -0.468. The minimum absolute atomic E-state index is 0.00680. The highest BCUT2D eigenvalue weighted by molar-refractivity contribution is 5.96. The second-order valence-corrected chi connectivity index (χ2v) is 5.42. The summed E-state index contributed by atoms with van der Waals surface area (Å²) in [6.45, 7) is 4.38. The van der Waals surface area contributed by atoms with Crippen molar-refractivity contribution in [2.45, 2.75) is 51.7 Å². The molecule has 108 valence electrons. The number of hydrogen-bond acceptors (Lipinski definition) is 5. The topological polar surface area (TPSA) is 79.5 Å². The van der Waals surface area contributed by atoms with Crippen LogP contribution in [0, 0.1) is 6.92 Å². The van der Waals surface area contributed by atoms with Gasteiger partial charge in [-0.15, -0.1) is 0 Å². The molecule has 1 aromatic rings. The predicted molar refractivity (Wildman–Crippen MR) is 68.4 cm³/mol. The lowest BCUT2D eigenvalue weighted by molar-refractivity contribution is -0.164. The van der Waals surface area contributed by atoms with Crippen molar-refractivity contribution in [3.8, 4) is 0 Å². The molecule has 2 fully saturated rings. The lowest BCUT2D eigenvalue weighted by Crippen LogP contribution is -2.64. The van der Waals surface area contributed by atoms with Crippen LogP contribution in [0.3, 0.4) is 0 Å². The Bertz CT molecular complexity index is 541. The van der Waals surface area contributed by atoms with Crippen molar-refractivity contribution in [3.05, 3.63) is 11.7 Å². The number of fused-ring (bicyclic) bond motifs is 1. The smallest absolute Gasteiger partial charge is 0.246 e. The van der Waals surface area contributed by atoms with Gasteiger partial charge in [0.05, 0.1) is 0 Å². The van der Waals surface area contributed by atoms with Gasteiger partial charge in [-0.05, 0) is 33.1 Å². The Kier molecular flexibility index (Phi) is 3.19. The van der Waals surface area contributed by atoms with Gasteiger partial charge >= 0.3 is 0 Å². The van der Waals surface area contributed by atoms with Crippen LogP contribution in [-0.4, -0.2) is 50.4 Å². The second kappa shape index (κ2) is 4.88. The zero-order chi connectivity index (χ0) is 14.3. The summed E-state index contributed by atoms with van der Waals surface area (Å²) in [5.74, 6) is 0.917. The molecule has 7 nitrogen and oxygen atoms in total. The largest absolute Gasteiger partial charge is 0.337 e. The van der Waals surface area contributed by atoms with Gasteiger partial charge in [-0.2, -0.15) is 4.98 Å². The molecule has 3 heterocycles. The van der Waals surface area contributed by atoms with Crippen molar-refractivity contribution in [1.82, 2.24) is 19.9 Å². The SMILES string of the molecule is Cc1noc(CN2C(=O)C3CCCCN3C(=O)C2C)n1. The number of carbonyl (C=O) groups excluding carboxylic acids is 2. The quantitative estimate of drug-likeness (QED) is 0.786. The fraction of sp³-hybridized carbons (Fsp3) is 0.692. The average molecular weight is 278 g/mol. The van der Waals surface area contributed by atoms with Gasteiger partial charge in [0.15, 0.2) is 5.82 Å². The van der Waals surface area contributed by atoms with E-state index in [0.717, 1.165) is 19.3 Å². The first kappa shape index (κ1) is 13.1. The third kappa shape index (κ3) is 2.07. The third-order valence-corrected chi connectivity index (χ3v) is 4.05. The van der Waals surface area contributed by atoms with E-state index in [0.29, 0.717) is 18.3 Å².